The van der Waals surface area contributed by atoms with Gasteiger partial charge in [-0.3, -0.25) is 4.98 Å². The summed E-state index contributed by atoms with van der Waals surface area (Å²) in [6.45, 7) is 5.44. The fourth-order valence-corrected chi connectivity index (χ4v) is 6.39. The van der Waals surface area contributed by atoms with E-state index in [0.717, 1.165) is 48.9 Å². The largest absolute Gasteiger partial charge is 0.492 e. The predicted molar refractivity (Wildman–Crippen MR) is 142 cm³/mol. The minimum absolute atomic E-state index is 0.827. The zero-order chi connectivity index (χ0) is 23.1. The Kier molecular flexibility index (Phi) is 12.7. The molecule has 0 aliphatic heterocycles. The second-order valence-corrected chi connectivity index (χ2v) is 11.4. The third-order valence-electron chi connectivity index (χ3n) is 8.74. The highest BCUT2D eigenvalue weighted by atomic mass is 16.5. The molecule has 3 rings (SSSR count). The lowest BCUT2D eigenvalue weighted by Crippen LogP contribution is -2.18. The Bertz CT molecular complexity index is 596. The number of rotatable bonds is 15. The van der Waals surface area contributed by atoms with Gasteiger partial charge in [-0.05, 0) is 55.1 Å². The van der Waals surface area contributed by atoms with Crippen molar-refractivity contribution in [3.05, 3.63) is 24.0 Å². The van der Waals surface area contributed by atoms with Crippen LogP contribution < -0.4 is 4.74 Å². The van der Waals surface area contributed by atoms with E-state index < -0.39 is 0 Å². The van der Waals surface area contributed by atoms with Crippen molar-refractivity contribution in [1.29, 1.82) is 0 Å². The molecule has 2 nitrogen and oxygen atoms in total. The maximum absolute atomic E-state index is 5.87. The Balaban J connectivity index is 1.23. The zero-order valence-corrected chi connectivity index (χ0v) is 22.0. The Morgan fingerprint density at radius 3 is 1.79 bits per heavy atom. The van der Waals surface area contributed by atoms with Crippen LogP contribution in [0.1, 0.15) is 135 Å². The van der Waals surface area contributed by atoms with Crippen LogP contribution in [-0.2, 0) is 6.42 Å². The molecule has 2 fully saturated rings. The van der Waals surface area contributed by atoms with E-state index in [0.29, 0.717) is 0 Å². The maximum Gasteiger partial charge on any atom is 0.137 e. The minimum atomic E-state index is 0.827. The molecule has 1 aromatic heterocycles. The molecule has 2 aliphatic carbocycles. The Morgan fingerprint density at radius 2 is 1.24 bits per heavy atom. The minimum Gasteiger partial charge on any atom is -0.492 e. The number of hydrogen-bond donors (Lipinski definition) is 0. The van der Waals surface area contributed by atoms with Crippen LogP contribution >= 0.6 is 0 Å². The van der Waals surface area contributed by atoms with Gasteiger partial charge in [0.15, 0.2) is 0 Å². The van der Waals surface area contributed by atoms with E-state index >= 15 is 0 Å². The number of pyridine rings is 1. The number of aromatic nitrogens is 1. The molecule has 33 heavy (non-hydrogen) atoms. The molecule has 0 atom stereocenters. The summed E-state index contributed by atoms with van der Waals surface area (Å²) in [5.74, 6) is 4.99. The molecular weight excluding hydrogens is 402 g/mol. The van der Waals surface area contributed by atoms with E-state index in [-0.39, 0.29) is 0 Å². The number of hydrogen-bond acceptors (Lipinski definition) is 2. The van der Waals surface area contributed by atoms with Gasteiger partial charge in [0.2, 0.25) is 0 Å². The van der Waals surface area contributed by atoms with Crippen molar-refractivity contribution >= 4 is 0 Å². The molecule has 0 unspecified atom stereocenters. The van der Waals surface area contributed by atoms with Gasteiger partial charge in [0.1, 0.15) is 5.75 Å². The van der Waals surface area contributed by atoms with Gasteiger partial charge in [-0.2, -0.15) is 0 Å². The molecular formula is C31H53NO. The molecule has 188 valence electrons. The molecule has 2 saturated carbocycles. The van der Waals surface area contributed by atoms with Crippen molar-refractivity contribution in [2.45, 2.75) is 136 Å². The van der Waals surface area contributed by atoms with Crippen molar-refractivity contribution < 1.29 is 4.74 Å². The molecule has 0 radical (unpaired) electrons. The van der Waals surface area contributed by atoms with Crippen LogP contribution in [0, 0.1) is 23.7 Å². The van der Waals surface area contributed by atoms with Gasteiger partial charge in [0.25, 0.3) is 0 Å². The van der Waals surface area contributed by atoms with Gasteiger partial charge in [-0.15, -0.1) is 0 Å². The van der Waals surface area contributed by atoms with Crippen LogP contribution in [0.25, 0.3) is 0 Å². The van der Waals surface area contributed by atoms with Crippen molar-refractivity contribution in [3.63, 3.8) is 0 Å². The van der Waals surface area contributed by atoms with E-state index in [1.54, 1.807) is 0 Å². The molecule has 1 aromatic rings. The first-order valence-electron chi connectivity index (χ1n) is 14.8. The summed E-state index contributed by atoms with van der Waals surface area (Å²) >= 11 is 0. The highest BCUT2D eigenvalue weighted by Crippen LogP contribution is 2.38. The molecule has 0 amide bonds. The van der Waals surface area contributed by atoms with Crippen molar-refractivity contribution in [2.24, 2.45) is 23.7 Å². The van der Waals surface area contributed by atoms with E-state index in [1.807, 2.05) is 6.20 Å². The summed E-state index contributed by atoms with van der Waals surface area (Å²) in [6, 6.07) is 4.31. The topological polar surface area (TPSA) is 22.1 Å². The second-order valence-electron chi connectivity index (χ2n) is 11.4. The number of unbranched alkanes of at least 4 members (excludes halogenated alkanes) is 4. The van der Waals surface area contributed by atoms with Gasteiger partial charge in [0, 0.05) is 5.69 Å². The number of aryl methyl sites for hydroxylation is 1. The first kappa shape index (κ1) is 26.6. The predicted octanol–water partition coefficient (Wildman–Crippen LogP) is 9.56. The molecule has 0 aromatic carbocycles. The standard InChI is InChI=1S/C31H53NO/c1-3-5-6-7-8-24-33-31-23-22-30(32-25-31)21-20-29-18-16-28(17-19-29)15-14-27-12-10-26(9-4-2)11-13-27/h22-23,25-29H,3-21,24H2,1-2H3/t26-,27-,28?,29?. The van der Waals surface area contributed by atoms with Gasteiger partial charge >= 0.3 is 0 Å². The fraction of sp³-hybridized carbons (Fsp3) is 0.839. The van der Waals surface area contributed by atoms with Gasteiger partial charge < -0.3 is 4.74 Å². The molecule has 2 aliphatic rings. The highest BCUT2D eigenvalue weighted by molar-refractivity contribution is 5.19. The van der Waals surface area contributed by atoms with E-state index in [4.69, 9.17) is 4.74 Å². The first-order chi connectivity index (χ1) is 16.3. The van der Waals surface area contributed by atoms with Gasteiger partial charge in [0.05, 0.1) is 12.8 Å². The lowest BCUT2D eigenvalue weighted by Gasteiger charge is -2.32. The summed E-state index contributed by atoms with van der Waals surface area (Å²) < 4.78 is 5.87. The van der Waals surface area contributed by atoms with Crippen LogP contribution in [-0.4, -0.2) is 11.6 Å². The van der Waals surface area contributed by atoms with E-state index in [9.17, 15) is 0 Å². The smallest absolute Gasteiger partial charge is 0.137 e. The average Bonchev–Trinajstić information content (AvgIpc) is 2.86. The Labute approximate surface area is 205 Å². The van der Waals surface area contributed by atoms with E-state index in [2.05, 4.69) is 31.0 Å². The lowest BCUT2D eigenvalue weighted by molar-refractivity contribution is 0.209. The summed E-state index contributed by atoms with van der Waals surface area (Å²) in [7, 11) is 0. The van der Waals surface area contributed by atoms with Crippen molar-refractivity contribution in [1.82, 2.24) is 4.98 Å². The third-order valence-corrected chi connectivity index (χ3v) is 8.74. The Hall–Kier alpha value is -1.05. The normalized spacial score (nSPS) is 25.8. The third kappa shape index (κ3) is 10.4. The van der Waals surface area contributed by atoms with Gasteiger partial charge in [-0.25, -0.2) is 0 Å². The number of nitrogens with zero attached hydrogens (tertiary/aromatic N) is 1. The van der Waals surface area contributed by atoms with E-state index in [1.165, 1.54) is 115 Å². The van der Waals surface area contributed by atoms with Crippen LogP contribution in [0.4, 0.5) is 0 Å². The average molecular weight is 456 g/mol. The lowest BCUT2D eigenvalue weighted by atomic mass is 9.74. The summed E-state index contributed by atoms with van der Waals surface area (Å²) in [5.41, 5.74) is 1.24. The zero-order valence-electron chi connectivity index (χ0n) is 22.0. The molecule has 0 bridgehead atoms. The first-order valence-corrected chi connectivity index (χ1v) is 14.8. The molecule has 0 saturated heterocycles. The molecule has 0 spiro atoms. The van der Waals surface area contributed by atoms with Crippen LogP contribution in [0.15, 0.2) is 18.3 Å². The SMILES string of the molecule is CCCCCCCOc1ccc(CCC2CCC(CC[C@H]3CC[C@H](CCC)CC3)CC2)nc1. The molecule has 2 heteroatoms. The van der Waals surface area contributed by atoms with Crippen molar-refractivity contribution in [3.8, 4) is 5.75 Å². The van der Waals surface area contributed by atoms with Gasteiger partial charge in [-0.1, -0.05) is 117 Å². The van der Waals surface area contributed by atoms with Crippen LogP contribution in [0.3, 0.4) is 0 Å². The molecule has 1 heterocycles. The fourth-order valence-electron chi connectivity index (χ4n) is 6.39. The summed E-state index contributed by atoms with van der Waals surface area (Å²) in [6.07, 6.45) is 28.6. The monoisotopic (exact) mass is 455 g/mol. The highest BCUT2D eigenvalue weighted by Gasteiger charge is 2.24. The maximum atomic E-state index is 5.87. The second kappa shape index (κ2) is 15.8. The van der Waals surface area contributed by atoms with Crippen LogP contribution in [0.2, 0.25) is 0 Å². The quantitative estimate of drug-likeness (QED) is 0.246. The summed E-state index contributed by atoms with van der Waals surface area (Å²) in [4.78, 5) is 4.68. The van der Waals surface area contributed by atoms with Crippen molar-refractivity contribution in [2.75, 3.05) is 6.61 Å². The van der Waals surface area contributed by atoms with Crippen LogP contribution in [0.5, 0.6) is 5.75 Å². The number of ether oxygens (including phenoxy) is 1. The molecule has 0 N–H and O–H groups in total. The Morgan fingerprint density at radius 1 is 0.667 bits per heavy atom. The summed E-state index contributed by atoms with van der Waals surface area (Å²) in [5, 5.41) is 0.